The maximum absolute atomic E-state index is 13.1. The molecule has 2 saturated carbocycles. The molecule has 2 aromatic rings. The fourth-order valence-electron chi connectivity index (χ4n) is 5.28. The molecule has 0 N–H and O–H groups in total. The van der Waals surface area contributed by atoms with Gasteiger partial charge in [-0.2, -0.15) is 0 Å². The van der Waals surface area contributed by atoms with Gasteiger partial charge in [0.05, 0.1) is 30.2 Å². The second kappa shape index (κ2) is 6.72. The number of esters is 1. The normalized spacial score (nSPS) is 27.3. The van der Waals surface area contributed by atoms with Crippen molar-refractivity contribution in [2.75, 3.05) is 12.0 Å². The van der Waals surface area contributed by atoms with E-state index in [0.29, 0.717) is 28.8 Å². The summed E-state index contributed by atoms with van der Waals surface area (Å²) in [7, 11) is 1.52. The predicted octanol–water partition coefficient (Wildman–Crippen LogP) is 3.45. The van der Waals surface area contributed by atoms with Crippen LogP contribution in [0.3, 0.4) is 0 Å². The topological polar surface area (TPSA) is 72.9 Å². The third kappa shape index (κ3) is 2.74. The molecule has 2 bridgehead atoms. The minimum atomic E-state index is -0.573. The molecule has 0 spiro atoms. The number of amides is 2. The first-order valence-corrected chi connectivity index (χ1v) is 9.91. The number of hydrogen-bond donors (Lipinski definition) is 0. The van der Waals surface area contributed by atoms with Gasteiger partial charge in [0.2, 0.25) is 11.8 Å². The average Bonchev–Trinajstić information content (AvgIpc) is 3.42. The van der Waals surface area contributed by atoms with Gasteiger partial charge in [-0.3, -0.25) is 9.59 Å². The highest BCUT2D eigenvalue weighted by atomic mass is 16.5. The van der Waals surface area contributed by atoms with E-state index < -0.39 is 5.97 Å². The van der Waals surface area contributed by atoms with E-state index in [-0.39, 0.29) is 29.4 Å². The Morgan fingerprint density at radius 1 is 0.966 bits per heavy atom. The number of carbonyl (C=O) groups excluding carboxylic acids is 3. The summed E-state index contributed by atoms with van der Waals surface area (Å²) in [6, 6.07) is 13.4. The van der Waals surface area contributed by atoms with E-state index in [1.54, 1.807) is 48.5 Å². The average molecular weight is 391 g/mol. The number of methoxy groups -OCH3 is 1. The smallest absolute Gasteiger partial charge is 0.343 e. The van der Waals surface area contributed by atoms with Gasteiger partial charge >= 0.3 is 5.97 Å². The number of rotatable bonds is 4. The zero-order chi connectivity index (χ0) is 20.1. The monoisotopic (exact) mass is 391 g/mol. The first-order chi connectivity index (χ1) is 14.1. The Labute approximate surface area is 168 Å². The molecule has 0 radical (unpaired) electrons. The maximum Gasteiger partial charge on any atom is 0.343 e. The molecule has 1 heterocycles. The van der Waals surface area contributed by atoms with Gasteiger partial charge in [-0.1, -0.05) is 18.2 Å². The van der Waals surface area contributed by atoms with Gasteiger partial charge < -0.3 is 9.47 Å². The standard InChI is InChI=1S/C23H21NO5/c1-28-16-6-4-5-15(12-16)23(27)29-18-8-3-2-7-17(18)24-21(25)19-13-9-10-14(11-13)20(19)22(24)26/h2-8,12-14,19-20H,9-11H2,1H3. The number of ether oxygens (including phenoxy) is 2. The van der Waals surface area contributed by atoms with E-state index >= 15 is 0 Å². The molecule has 2 amide bonds. The highest BCUT2D eigenvalue weighted by Gasteiger charge is 2.61. The first kappa shape index (κ1) is 17.9. The van der Waals surface area contributed by atoms with Crippen molar-refractivity contribution >= 4 is 23.5 Å². The van der Waals surface area contributed by atoms with Crippen LogP contribution in [0.2, 0.25) is 0 Å². The van der Waals surface area contributed by atoms with Gasteiger partial charge in [0.15, 0.2) is 5.75 Å². The molecule has 2 aromatic carbocycles. The Hall–Kier alpha value is -3.15. The number of nitrogens with zero attached hydrogens (tertiary/aromatic N) is 1. The van der Waals surface area contributed by atoms with Gasteiger partial charge in [0.1, 0.15) is 5.75 Å². The molecular formula is C23H21NO5. The van der Waals surface area contributed by atoms with E-state index in [9.17, 15) is 14.4 Å². The molecule has 29 heavy (non-hydrogen) atoms. The van der Waals surface area contributed by atoms with Gasteiger partial charge in [-0.05, 0) is 61.4 Å². The van der Waals surface area contributed by atoms with Crippen molar-refractivity contribution in [2.45, 2.75) is 19.3 Å². The molecule has 4 unspecified atom stereocenters. The Morgan fingerprint density at radius 2 is 1.66 bits per heavy atom. The van der Waals surface area contributed by atoms with Crippen molar-refractivity contribution < 1.29 is 23.9 Å². The second-order valence-electron chi connectivity index (χ2n) is 7.99. The van der Waals surface area contributed by atoms with Gasteiger partial charge in [0, 0.05) is 0 Å². The quantitative estimate of drug-likeness (QED) is 0.453. The van der Waals surface area contributed by atoms with Crippen molar-refractivity contribution in [1.82, 2.24) is 0 Å². The van der Waals surface area contributed by atoms with Crippen LogP contribution < -0.4 is 14.4 Å². The van der Waals surface area contributed by atoms with Gasteiger partial charge in [-0.15, -0.1) is 0 Å². The van der Waals surface area contributed by atoms with Gasteiger partial charge in [-0.25, -0.2) is 9.69 Å². The molecule has 6 nitrogen and oxygen atoms in total. The van der Waals surface area contributed by atoms with Crippen molar-refractivity contribution in [3.8, 4) is 11.5 Å². The van der Waals surface area contributed by atoms with Crippen LogP contribution in [0.15, 0.2) is 48.5 Å². The summed E-state index contributed by atoms with van der Waals surface area (Å²) in [6.07, 6.45) is 3.02. The molecule has 5 rings (SSSR count). The predicted molar refractivity (Wildman–Crippen MR) is 105 cm³/mol. The highest BCUT2D eigenvalue weighted by molar-refractivity contribution is 6.23. The number of imide groups is 1. The number of para-hydroxylation sites is 2. The number of anilines is 1. The Kier molecular flexibility index (Phi) is 4.15. The Morgan fingerprint density at radius 3 is 2.34 bits per heavy atom. The summed E-state index contributed by atoms with van der Waals surface area (Å²) < 4.78 is 10.7. The fourth-order valence-corrected chi connectivity index (χ4v) is 5.28. The van der Waals surface area contributed by atoms with Crippen LogP contribution in [-0.4, -0.2) is 24.9 Å². The van der Waals surface area contributed by atoms with Crippen LogP contribution in [0.1, 0.15) is 29.6 Å². The van der Waals surface area contributed by atoms with Crippen LogP contribution in [0.5, 0.6) is 11.5 Å². The minimum absolute atomic E-state index is 0.155. The minimum Gasteiger partial charge on any atom is -0.497 e. The lowest BCUT2D eigenvalue weighted by atomic mass is 9.81. The number of hydrogen-bond acceptors (Lipinski definition) is 5. The second-order valence-corrected chi connectivity index (χ2v) is 7.99. The van der Waals surface area contributed by atoms with E-state index in [0.717, 1.165) is 19.3 Å². The zero-order valence-corrected chi connectivity index (χ0v) is 16.0. The summed E-state index contributed by atoms with van der Waals surface area (Å²) in [6.45, 7) is 0. The number of benzene rings is 2. The Bertz CT molecular complexity index is 988. The zero-order valence-electron chi connectivity index (χ0n) is 16.0. The molecule has 1 saturated heterocycles. The molecule has 2 aliphatic carbocycles. The van der Waals surface area contributed by atoms with Gasteiger partial charge in [0.25, 0.3) is 0 Å². The lowest BCUT2D eigenvalue weighted by molar-refractivity contribution is -0.123. The summed E-state index contributed by atoms with van der Waals surface area (Å²) >= 11 is 0. The van der Waals surface area contributed by atoms with Crippen LogP contribution >= 0.6 is 0 Å². The molecule has 6 heteroatoms. The van der Waals surface area contributed by atoms with Crippen LogP contribution in [0.4, 0.5) is 5.69 Å². The third-order valence-electron chi connectivity index (χ3n) is 6.54. The number of carbonyl (C=O) groups is 3. The summed E-state index contributed by atoms with van der Waals surface area (Å²) in [5, 5.41) is 0. The van der Waals surface area contributed by atoms with E-state index in [1.165, 1.54) is 12.0 Å². The third-order valence-corrected chi connectivity index (χ3v) is 6.54. The lowest BCUT2D eigenvalue weighted by Crippen LogP contribution is -2.33. The van der Waals surface area contributed by atoms with E-state index in [1.807, 2.05) is 0 Å². The molecule has 4 atom stereocenters. The van der Waals surface area contributed by atoms with Crippen molar-refractivity contribution in [3.63, 3.8) is 0 Å². The largest absolute Gasteiger partial charge is 0.497 e. The molecule has 3 aliphatic rings. The highest BCUT2D eigenvalue weighted by Crippen LogP contribution is 2.57. The summed E-state index contributed by atoms with van der Waals surface area (Å²) in [4.78, 5) is 40.2. The summed E-state index contributed by atoms with van der Waals surface area (Å²) in [5.41, 5.74) is 0.667. The van der Waals surface area contributed by atoms with E-state index in [2.05, 4.69) is 0 Å². The lowest BCUT2D eigenvalue weighted by Gasteiger charge is -2.20. The molecular weight excluding hydrogens is 370 g/mol. The van der Waals surface area contributed by atoms with Crippen molar-refractivity contribution in [3.05, 3.63) is 54.1 Å². The van der Waals surface area contributed by atoms with E-state index in [4.69, 9.17) is 9.47 Å². The maximum atomic E-state index is 13.1. The van der Waals surface area contributed by atoms with Crippen LogP contribution in [0, 0.1) is 23.7 Å². The molecule has 148 valence electrons. The van der Waals surface area contributed by atoms with Crippen molar-refractivity contribution in [2.24, 2.45) is 23.7 Å². The SMILES string of the molecule is COc1cccc(C(=O)Oc2ccccc2N2C(=O)C3C4CCC(C4)C3C2=O)c1. The molecule has 1 aliphatic heterocycles. The first-order valence-electron chi connectivity index (χ1n) is 9.91. The molecule has 0 aromatic heterocycles. The van der Waals surface area contributed by atoms with Crippen molar-refractivity contribution in [1.29, 1.82) is 0 Å². The molecule has 3 fully saturated rings. The Balaban J connectivity index is 1.45. The fraction of sp³-hybridized carbons (Fsp3) is 0.348. The van der Waals surface area contributed by atoms with Crippen LogP contribution in [-0.2, 0) is 9.59 Å². The summed E-state index contributed by atoms with van der Waals surface area (Å²) in [5.74, 6) is 0.0304. The van der Waals surface area contributed by atoms with Crippen LogP contribution in [0.25, 0.3) is 0 Å². The number of fused-ring (bicyclic) bond motifs is 5.